The van der Waals surface area contributed by atoms with E-state index in [2.05, 4.69) is 20.9 Å². The summed E-state index contributed by atoms with van der Waals surface area (Å²) in [4.78, 5) is 47.8. The number of nitrogens with zero attached hydrogens (tertiary/aromatic N) is 1. The zero-order valence-electron chi connectivity index (χ0n) is 12.7. The quantitative estimate of drug-likeness (QED) is 0.762. The molecule has 1 aromatic rings. The molecule has 1 aliphatic carbocycles. The van der Waals surface area contributed by atoms with E-state index in [-0.39, 0.29) is 23.0 Å². The fraction of sp³-hybridized carbons (Fsp3) is 0.571. The van der Waals surface area contributed by atoms with Crippen molar-refractivity contribution in [1.82, 2.24) is 9.55 Å². The Morgan fingerprint density at radius 1 is 1.30 bits per heavy atom. The van der Waals surface area contributed by atoms with Crippen LogP contribution < -0.4 is 11.2 Å². The average Bonchev–Trinajstić information content (AvgIpc) is 2.82. The summed E-state index contributed by atoms with van der Waals surface area (Å²) in [5.41, 5.74) is -1.03. The number of carbonyl (C=O) groups is 2. The lowest BCUT2D eigenvalue weighted by Crippen LogP contribution is -2.32. The van der Waals surface area contributed by atoms with Crippen molar-refractivity contribution < 1.29 is 19.1 Å². The summed E-state index contributed by atoms with van der Waals surface area (Å²) in [6.07, 6.45) is 1.87. The summed E-state index contributed by atoms with van der Waals surface area (Å²) in [5, 5.41) is 0. The van der Waals surface area contributed by atoms with Crippen LogP contribution in [0.2, 0.25) is 0 Å². The molecule has 1 fully saturated rings. The normalized spacial score (nSPS) is 23.5. The van der Waals surface area contributed by atoms with Crippen molar-refractivity contribution >= 4 is 27.9 Å². The molecule has 0 spiro atoms. The summed E-state index contributed by atoms with van der Waals surface area (Å²) in [6.45, 7) is 2.72. The molecule has 1 N–H and O–H groups in total. The maximum Gasteiger partial charge on any atom is 0.328 e. The van der Waals surface area contributed by atoms with Gasteiger partial charge in [0.25, 0.3) is 5.56 Å². The Morgan fingerprint density at radius 2 is 2.00 bits per heavy atom. The molecule has 8 nitrogen and oxygen atoms in total. The number of halogens is 1. The number of carbonyl (C=O) groups excluding carboxylic acids is 2. The van der Waals surface area contributed by atoms with Gasteiger partial charge in [-0.15, -0.1) is 0 Å². The summed E-state index contributed by atoms with van der Waals surface area (Å²) in [5.74, 6) is -1.05. The van der Waals surface area contributed by atoms with Gasteiger partial charge in [-0.25, -0.2) is 4.79 Å². The lowest BCUT2D eigenvalue weighted by Gasteiger charge is -2.18. The van der Waals surface area contributed by atoms with Gasteiger partial charge in [0.2, 0.25) is 0 Å². The van der Waals surface area contributed by atoms with Crippen LogP contribution in [-0.4, -0.2) is 34.2 Å². The standard InChI is InChI=1S/C14H17BrN2O6/c1-7(18)22-6-9-3-10(4-12(9)23-8(2)19)17-5-11(15)13(20)16-14(17)21/h5,9-10,12H,3-4,6H2,1-2H3,(H,16,20,21)/t9-,10-,12?/m1/s1. The van der Waals surface area contributed by atoms with E-state index in [1.165, 1.54) is 24.6 Å². The van der Waals surface area contributed by atoms with Crippen molar-refractivity contribution in [3.05, 3.63) is 31.5 Å². The van der Waals surface area contributed by atoms with Crippen LogP contribution in [0.25, 0.3) is 0 Å². The maximum atomic E-state index is 12.0. The predicted molar refractivity (Wildman–Crippen MR) is 83.0 cm³/mol. The topological polar surface area (TPSA) is 107 Å². The molecule has 0 amide bonds. The Hall–Kier alpha value is -1.90. The molecule has 1 aromatic heterocycles. The van der Waals surface area contributed by atoms with Crippen molar-refractivity contribution in [2.24, 2.45) is 5.92 Å². The van der Waals surface area contributed by atoms with Gasteiger partial charge in [0, 0.05) is 38.4 Å². The van der Waals surface area contributed by atoms with E-state index in [1.54, 1.807) is 0 Å². The van der Waals surface area contributed by atoms with Gasteiger partial charge in [-0.1, -0.05) is 0 Å². The van der Waals surface area contributed by atoms with Crippen molar-refractivity contribution in [3.63, 3.8) is 0 Å². The van der Waals surface area contributed by atoms with Crippen molar-refractivity contribution in [3.8, 4) is 0 Å². The third kappa shape index (κ3) is 4.31. The average molecular weight is 389 g/mol. The van der Waals surface area contributed by atoms with Gasteiger partial charge in [-0.05, 0) is 22.4 Å². The van der Waals surface area contributed by atoms with Crippen molar-refractivity contribution in [2.75, 3.05) is 6.61 Å². The van der Waals surface area contributed by atoms with Crippen LogP contribution in [0.3, 0.4) is 0 Å². The zero-order chi connectivity index (χ0) is 17.1. The van der Waals surface area contributed by atoms with Gasteiger partial charge in [-0.3, -0.25) is 23.9 Å². The highest BCUT2D eigenvalue weighted by atomic mass is 79.9. The highest BCUT2D eigenvalue weighted by Crippen LogP contribution is 2.36. The number of hydrogen-bond donors (Lipinski definition) is 1. The Morgan fingerprint density at radius 3 is 2.61 bits per heavy atom. The molecule has 0 bridgehead atoms. The van der Waals surface area contributed by atoms with Crippen molar-refractivity contribution in [1.29, 1.82) is 0 Å². The van der Waals surface area contributed by atoms with E-state index in [0.29, 0.717) is 12.8 Å². The Kier molecular flexibility index (Phi) is 5.40. The second kappa shape index (κ2) is 7.12. The first-order chi connectivity index (χ1) is 10.8. The number of nitrogens with one attached hydrogen (secondary N) is 1. The first-order valence-electron chi connectivity index (χ1n) is 7.09. The van der Waals surface area contributed by atoms with Crippen LogP contribution in [-0.2, 0) is 19.1 Å². The molecule has 0 radical (unpaired) electrons. The zero-order valence-corrected chi connectivity index (χ0v) is 14.3. The van der Waals surface area contributed by atoms with E-state index in [4.69, 9.17) is 9.47 Å². The van der Waals surface area contributed by atoms with E-state index >= 15 is 0 Å². The SMILES string of the molecule is CC(=O)OC[C@H]1C[C@@H](n2cc(Br)c(=O)[nH]c2=O)CC1OC(C)=O. The molecule has 9 heteroatoms. The second-order valence-corrected chi connectivity index (χ2v) is 6.33. The van der Waals surface area contributed by atoms with E-state index in [1.807, 2.05) is 0 Å². The van der Waals surface area contributed by atoms with Crippen LogP contribution in [0.5, 0.6) is 0 Å². The molecular weight excluding hydrogens is 372 g/mol. The third-order valence-corrected chi connectivity index (χ3v) is 4.31. The maximum absolute atomic E-state index is 12.0. The fourth-order valence-corrected chi connectivity index (χ4v) is 3.09. The molecule has 23 heavy (non-hydrogen) atoms. The smallest absolute Gasteiger partial charge is 0.328 e. The van der Waals surface area contributed by atoms with Crippen LogP contribution in [0.4, 0.5) is 0 Å². The van der Waals surface area contributed by atoms with Gasteiger partial charge in [-0.2, -0.15) is 0 Å². The van der Waals surface area contributed by atoms with Gasteiger partial charge in [0.15, 0.2) is 0 Å². The Labute approximate surface area is 139 Å². The van der Waals surface area contributed by atoms with Gasteiger partial charge in [0.05, 0.1) is 11.1 Å². The molecule has 1 aliphatic rings. The predicted octanol–water partition coefficient (Wildman–Crippen LogP) is 0.745. The van der Waals surface area contributed by atoms with E-state index in [0.717, 1.165) is 0 Å². The molecule has 0 aliphatic heterocycles. The highest BCUT2D eigenvalue weighted by molar-refractivity contribution is 9.10. The number of ether oxygens (including phenoxy) is 2. The highest BCUT2D eigenvalue weighted by Gasteiger charge is 2.38. The van der Waals surface area contributed by atoms with Crippen LogP contribution in [0.1, 0.15) is 32.7 Å². The number of aromatic amines is 1. The van der Waals surface area contributed by atoms with Crippen LogP contribution in [0, 0.1) is 5.92 Å². The number of rotatable bonds is 4. The Bertz CT molecular complexity index is 725. The lowest BCUT2D eigenvalue weighted by atomic mass is 10.1. The summed E-state index contributed by atoms with van der Waals surface area (Å²) >= 11 is 3.09. The number of H-pyrrole nitrogens is 1. The summed E-state index contributed by atoms with van der Waals surface area (Å²) in [6, 6.07) is -0.263. The van der Waals surface area contributed by atoms with Gasteiger partial charge in [0.1, 0.15) is 6.10 Å². The number of hydrogen-bond acceptors (Lipinski definition) is 6. The molecule has 126 valence electrons. The van der Waals surface area contributed by atoms with Crippen LogP contribution >= 0.6 is 15.9 Å². The molecule has 1 saturated carbocycles. The number of aromatic nitrogens is 2. The van der Waals surface area contributed by atoms with E-state index in [9.17, 15) is 19.2 Å². The monoisotopic (exact) mass is 388 g/mol. The minimum Gasteiger partial charge on any atom is -0.465 e. The third-order valence-electron chi connectivity index (χ3n) is 3.74. The molecule has 0 saturated heterocycles. The molecular formula is C14H17BrN2O6. The lowest BCUT2D eigenvalue weighted by molar-refractivity contribution is -0.151. The van der Waals surface area contributed by atoms with Crippen molar-refractivity contribution in [2.45, 2.75) is 38.8 Å². The van der Waals surface area contributed by atoms with Gasteiger partial charge >= 0.3 is 17.6 Å². The first-order valence-corrected chi connectivity index (χ1v) is 7.88. The molecule has 1 heterocycles. The minimum absolute atomic E-state index is 0.114. The van der Waals surface area contributed by atoms with Crippen LogP contribution in [0.15, 0.2) is 20.3 Å². The second-order valence-electron chi connectivity index (χ2n) is 5.48. The summed E-state index contributed by atoms with van der Waals surface area (Å²) < 4.78 is 11.9. The largest absolute Gasteiger partial charge is 0.465 e. The fourth-order valence-electron chi connectivity index (χ4n) is 2.77. The first kappa shape index (κ1) is 17.5. The molecule has 0 aromatic carbocycles. The molecule has 3 atom stereocenters. The van der Waals surface area contributed by atoms with Gasteiger partial charge < -0.3 is 9.47 Å². The minimum atomic E-state index is -0.530. The van der Waals surface area contributed by atoms with E-state index < -0.39 is 29.3 Å². The Balaban J connectivity index is 2.23. The molecule has 1 unspecified atom stereocenters. The summed E-state index contributed by atoms with van der Waals surface area (Å²) in [7, 11) is 0. The number of esters is 2. The molecule has 2 rings (SSSR count).